The van der Waals surface area contributed by atoms with E-state index in [-0.39, 0.29) is 6.54 Å². The monoisotopic (exact) mass is 304 g/mol. The Morgan fingerprint density at radius 2 is 1.89 bits per heavy atom. The summed E-state index contributed by atoms with van der Waals surface area (Å²) in [5.41, 5.74) is 0.890. The van der Waals surface area contributed by atoms with Gasteiger partial charge in [-0.15, -0.1) is 0 Å². The van der Waals surface area contributed by atoms with Crippen LogP contribution in [0.3, 0.4) is 0 Å². The molecule has 1 unspecified atom stereocenters. The van der Waals surface area contributed by atoms with Gasteiger partial charge in [-0.25, -0.2) is 13.1 Å². The molecule has 6 heteroatoms. The lowest BCUT2D eigenvalue weighted by Crippen LogP contribution is -2.38. The zero-order valence-electron chi connectivity index (χ0n) is 11.3. The van der Waals surface area contributed by atoms with E-state index >= 15 is 0 Å². The Bertz CT molecular complexity index is 474. The van der Waals surface area contributed by atoms with Crippen LogP contribution in [-0.2, 0) is 16.6 Å². The molecule has 0 radical (unpaired) electrons. The van der Waals surface area contributed by atoms with E-state index in [1.54, 1.807) is 19.1 Å². The van der Waals surface area contributed by atoms with E-state index in [2.05, 4.69) is 10.0 Å². The van der Waals surface area contributed by atoms with Crippen LogP contribution in [0, 0.1) is 0 Å². The Kier molecular flexibility index (Phi) is 6.79. The molecule has 0 saturated heterocycles. The lowest BCUT2D eigenvalue weighted by atomic mass is 10.2. The van der Waals surface area contributed by atoms with Crippen molar-refractivity contribution in [3.8, 4) is 0 Å². The summed E-state index contributed by atoms with van der Waals surface area (Å²) in [6.45, 7) is 5.33. The fourth-order valence-electron chi connectivity index (χ4n) is 1.52. The predicted octanol–water partition coefficient (Wildman–Crippen LogP) is 2.15. The third kappa shape index (κ3) is 5.91. The molecule has 108 valence electrons. The third-order valence-corrected chi connectivity index (χ3v) is 4.80. The standard InChI is InChI=1S/C13H21ClN2O2S/c1-3-8-15-9-11(2)19(17,18)16-10-12-4-6-13(14)7-5-12/h4-7,11,15-16H,3,8-10H2,1-2H3. The van der Waals surface area contributed by atoms with Gasteiger partial charge in [-0.3, -0.25) is 0 Å². The highest BCUT2D eigenvalue weighted by Gasteiger charge is 2.19. The fourth-order valence-corrected chi connectivity index (χ4v) is 2.64. The molecule has 0 aliphatic carbocycles. The smallest absolute Gasteiger partial charge is 0.215 e. The number of sulfonamides is 1. The first-order valence-corrected chi connectivity index (χ1v) is 8.31. The minimum atomic E-state index is -3.29. The second kappa shape index (κ2) is 7.85. The van der Waals surface area contributed by atoms with Crippen LogP contribution >= 0.6 is 11.6 Å². The Labute approximate surface area is 120 Å². The van der Waals surface area contributed by atoms with Crippen molar-refractivity contribution in [2.24, 2.45) is 0 Å². The van der Waals surface area contributed by atoms with Crippen molar-refractivity contribution >= 4 is 21.6 Å². The molecule has 19 heavy (non-hydrogen) atoms. The third-order valence-electron chi connectivity index (χ3n) is 2.78. The molecule has 0 amide bonds. The van der Waals surface area contributed by atoms with E-state index < -0.39 is 15.3 Å². The molecular weight excluding hydrogens is 284 g/mol. The van der Waals surface area contributed by atoms with Crippen molar-refractivity contribution in [1.82, 2.24) is 10.0 Å². The molecule has 0 fully saturated rings. The summed E-state index contributed by atoms with van der Waals surface area (Å²) in [5.74, 6) is 0. The van der Waals surface area contributed by atoms with Crippen molar-refractivity contribution < 1.29 is 8.42 Å². The van der Waals surface area contributed by atoms with E-state index in [9.17, 15) is 8.42 Å². The van der Waals surface area contributed by atoms with Gasteiger partial charge in [-0.1, -0.05) is 30.7 Å². The van der Waals surface area contributed by atoms with Crippen LogP contribution in [-0.4, -0.2) is 26.8 Å². The molecule has 0 saturated carbocycles. The van der Waals surface area contributed by atoms with Gasteiger partial charge >= 0.3 is 0 Å². The molecule has 1 aromatic rings. The first kappa shape index (κ1) is 16.4. The Hall–Kier alpha value is -0.620. The maximum atomic E-state index is 12.0. The summed E-state index contributed by atoms with van der Waals surface area (Å²) >= 11 is 5.78. The first-order valence-electron chi connectivity index (χ1n) is 6.39. The summed E-state index contributed by atoms with van der Waals surface area (Å²) in [4.78, 5) is 0. The molecule has 0 aliphatic heterocycles. The van der Waals surface area contributed by atoms with Gasteiger partial charge in [0.2, 0.25) is 10.0 Å². The summed E-state index contributed by atoms with van der Waals surface area (Å²) in [6, 6.07) is 7.12. The van der Waals surface area contributed by atoms with Gasteiger partial charge in [-0.2, -0.15) is 0 Å². The largest absolute Gasteiger partial charge is 0.315 e. The average Bonchev–Trinajstić information content (AvgIpc) is 2.38. The van der Waals surface area contributed by atoms with Gasteiger partial charge < -0.3 is 5.32 Å². The van der Waals surface area contributed by atoms with Gasteiger partial charge in [0.15, 0.2) is 0 Å². The highest BCUT2D eigenvalue weighted by Crippen LogP contribution is 2.09. The predicted molar refractivity (Wildman–Crippen MR) is 79.8 cm³/mol. The molecule has 1 aromatic carbocycles. The molecule has 2 N–H and O–H groups in total. The van der Waals surface area contributed by atoms with Crippen LogP contribution in [0.2, 0.25) is 5.02 Å². The summed E-state index contributed by atoms with van der Waals surface area (Å²) < 4.78 is 26.6. The van der Waals surface area contributed by atoms with Crippen LogP contribution in [0.1, 0.15) is 25.8 Å². The Balaban J connectivity index is 2.47. The molecule has 0 aromatic heterocycles. The second-order valence-electron chi connectivity index (χ2n) is 4.51. The van der Waals surface area contributed by atoms with E-state index in [1.807, 2.05) is 19.1 Å². The van der Waals surface area contributed by atoms with Crippen molar-refractivity contribution in [2.45, 2.75) is 32.1 Å². The summed E-state index contributed by atoms with van der Waals surface area (Å²) in [7, 11) is -3.29. The lowest BCUT2D eigenvalue weighted by Gasteiger charge is -2.14. The normalized spacial score (nSPS) is 13.4. The minimum Gasteiger partial charge on any atom is -0.315 e. The maximum Gasteiger partial charge on any atom is 0.215 e. The number of hydrogen-bond donors (Lipinski definition) is 2. The number of hydrogen-bond acceptors (Lipinski definition) is 3. The average molecular weight is 305 g/mol. The molecule has 1 rings (SSSR count). The highest BCUT2D eigenvalue weighted by molar-refractivity contribution is 7.90. The molecule has 0 bridgehead atoms. The minimum absolute atomic E-state index is 0.289. The van der Waals surface area contributed by atoms with Gasteiger partial charge in [0.1, 0.15) is 0 Å². The molecule has 0 spiro atoms. The van der Waals surface area contributed by atoms with E-state index in [0.717, 1.165) is 18.5 Å². The van der Waals surface area contributed by atoms with E-state index in [4.69, 9.17) is 11.6 Å². The zero-order chi connectivity index (χ0) is 14.3. The first-order chi connectivity index (χ1) is 8.95. The SMILES string of the molecule is CCCNCC(C)S(=O)(=O)NCc1ccc(Cl)cc1. The van der Waals surface area contributed by atoms with Crippen LogP contribution in [0.15, 0.2) is 24.3 Å². The van der Waals surface area contributed by atoms with Crippen LogP contribution in [0.5, 0.6) is 0 Å². The Morgan fingerprint density at radius 3 is 2.47 bits per heavy atom. The van der Waals surface area contributed by atoms with Crippen molar-refractivity contribution in [2.75, 3.05) is 13.1 Å². The fraction of sp³-hybridized carbons (Fsp3) is 0.538. The number of benzene rings is 1. The molecule has 1 atom stereocenters. The van der Waals surface area contributed by atoms with Gasteiger partial charge in [0.25, 0.3) is 0 Å². The van der Waals surface area contributed by atoms with Crippen LogP contribution in [0.25, 0.3) is 0 Å². The molecular formula is C13H21ClN2O2S. The quantitative estimate of drug-likeness (QED) is 0.724. The summed E-state index contributed by atoms with van der Waals surface area (Å²) in [5, 5.41) is 3.30. The molecule has 0 aliphatic rings. The Morgan fingerprint density at radius 1 is 1.26 bits per heavy atom. The topological polar surface area (TPSA) is 58.2 Å². The number of halogens is 1. The number of nitrogens with one attached hydrogen (secondary N) is 2. The van der Waals surface area contributed by atoms with Crippen LogP contribution < -0.4 is 10.0 Å². The maximum absolute atomic E-state index is 12.0. The van der Waals surface area contributed by atoms with Crippen molar-refractivity contribution in [3.63, 3.8) is 0 Å². The lowest BCUT2D eigenvalue weighted by molar-refractivity contribution is 0.557. The van der Waals surface area contributed by atoms with Gasteiger partial charge in [-0.05, 0) is 37.6 Å². The van der Waals surface area contributed by atoms with Gasteiger partial charge in [0, 0.05) is 18.1 Å². The zero-order valence-corrected chi connectivity index (χ0v) is 12.9. The highest BCUT2D eigenvalue weighted by atomic mass is 35.5. The van der Waals surface area contributed by atoms with Crippen molar-refractivity contribution in [3.05, 3.63) is 34.9 Å². The number of rotatable bonds is 8. The van der Waals surface area contributed by atoms with Crippen LogP contribution in [0.4, 0.5) is 0 Å². The second-order valence-corrected chi connectivity index (χ2v) is 7.13. The molecule has 4 nitrogen and oxygen atoms in total. The molecule has 0 heterocycles. The summed E-state index contributed by atoms with van der Waals surface area (Å²) in [6.07, 6.45) is 0.991. The van der Waals surface area contributed by atoms with E-state index in [0.29, 0.717) is 11.6 Å². The van der Waals surface area contributed by atoms with Crippen molar-refractivity contribution in [1.29, 1.82) is 0 Å². The van der Waals surface area contributed by atoms with Gasteiger partial charge in [0.05, 0.1) is 5.25 Å². The van der Waals surface area contributed by atoms with E-state index in [1.165, 1.54) is 0 Å².